The van der Waals surface area contributed by atoms with E-state index >= 15 is 4.79 Å². The van der Waals surface area contributed by atoms with Crippen LogP contribution in [-0.2, 0) is 26.5 Å². The largest absolute Gasteiger partial charge is 0.497 e. The van der Waals surface area contributed by atoms with Gasteiger partial charge in [-0.05, 0) is 78.5 Å². The molecule has 5 aromatic rings. The smallest absolute Gasteiger partial charge is 0.266 e. The standard InChI is InChI=1S/C48H49N3O7Si/c1-31-45(59(3,4)36-25-23-35(56-2)24-26-36)43(28-44(53)49-27-11-12-34(49)30-52)58-48(31)38-14-6-7-15-39(38)50(47(48)55)29-32-19-21-33(22-20-32)51-40-16-8-10-18-42(40)57-41-17-9-5-13-37(41)46(51)54/h5-10,13-26,31,34,43,45,52H,11-12,27-30H2,1-4H3/t31-,34-,43+,45-,48+/m0/s1. The first kappa shape index (κ1) is 38.7. The number of amides is 3. The molecule has 1 N–H and O–H groups in total. The van der Waals surface area contributed by atoms with Crippen LogP contribution in [-0.4, -0.2) is 68.2 Å². The molecule has 0 bridgehead atoms. The molecule has 9 rings (SSSR count). The van der Waals surface area contributed by atoms with Gasteiger partial charge in [0.25, 0.3) is 11.8 Å². The predicted octanol–water partition coefficient (Wildman–Crippen LogP) is 7.92. The van der Waals surface area contributed by atoms with Crippen molar-refractivity contribution in [2.24, 2.45) is 5.92 Å². The summed E-state index contributed by atoms with van der Waals surface area (Å²) in [5.74, 6) is 1.20. The van der Waals surface area contributed by atoms with Crippen molar-refractivity contribution in [3.05, 3.63) is 138 Å². The van der Waals surface area contributed by atoms with Crippen LogP contribution in [0.5, 0.6) is 17.2 Å². The van der Waals surface area contributed by atoms with Crippen LogP contribution in [0.25, 0.3) is 0 Å². The van der Waals surface area contributed by atoms with Crippen molar-refractivity contribution >= 4 is 48.0 Å². The number of benzene rings is 5. The van der Waals surface area contributed by atoms with Gasteiger partial charge in [-0.25, -0.2) is 0 Å². The van der Waals surface area contributed by atoms with Crippen molar-refractivity contribution in [1.29, 1.82) is 0 Å². The van der Waals surface area contributed by atoms with Gasteiger partial charge < -0.3 is 29.1 Å². The second kappa shape index (κ2) is 15.1. The monoisotopic (exact) mass is 807 g/mol. The Balaban J connectivity index is 1.05. The zero-order valence-corrected chi connectivity index (χ0v) is 34.8. The summed E-state index contributed by atoms with van der Waals surface area (Å²) in [5, 5.41) is 11.3. The van der Waals surface area contributed by atoms with Gasteiger partial charge in [-0.1, -0.05) is 91.9 Å². The lowest BCUT2D eigenvalue weighted by molar-refractivity contribution is -0.150. The Labute approximate surface area is 345 Å². The SMILES string of the molecule is COc1ccc([Si](C)(C)[C@@H]2[C@@H](CC(=O)N3CCC[C@H]3CO)O[C@]3(C(=O)N(Cc4ccc(N5C(=O)c6ccccc6Oc6ccccc65)cc4)c4ccccc43)[C@H]2C)cc1. The van der Waals surface area contributed by atoms with Gasteiger partial charge in [0, 0.05) is 23.7 Å². The number of para-hydroxylation sites is 4. The van der Waals surface area contributed by atoms with Gasteiger partial charge in [-0.15, -0.1) is 0 Å². The lowest BCUT2D eigenvalue weighted by atomic mass is 9.82. The fourth-order valence-electron chi connectivity index (χ4n) is 10.3. The molecule has 0 saturated carbocycles. The summed E-state index contributed by atoms with van der Waals surface area (Å²) in [4.78, 5) is 48.8. The maximum Gasteiger partial charge on any atom is 0.266 e. The highest BCUT2D eigenvalue weighted by molar-refractivity contribution is 6.91. The van der Waals surface area contributed by atoms with Gasteiger partial charge in [0.05, 0.1) is 63.8 Å². The van der Waals surface area contributed by atoms with Gasteiger partial charge in [0.15, 0.2) is 11.4 Å². The van der Waals surface area contributed by atoms with Crippen LogP contribution >= 0.6 is 0 Å². The van der Waals surface area contributed by atoms with Crippen molar-refractivity contribution in [3.8, 4) is 17.2 Å². The maximum atomic E-state index is 15.3. The molecule has 302 valence electrons. The third-order valence-corrected chi connectivity index (χ3v) is 17.6. The van der Waals surface area contributed by atoms with Crippen LogP contribution in [0.4, 0.5) is 17.1 Å². The van der Waals surface area contributed by atoms with E-state index in [9.17, 15) is 14.7 Å². The first-order valence-corrected chi connectivity index (χ1v) is 23.6. The molecule has 3 amide bonds. The molecule has 11 heteroatoms. The number of fused-ring (bicyclic) bond motifs is 4. The topological polar surface area (TPSA) is 109 Å². The summed E-state index contributed by atoms with van der Waals surface area (Å²) in [6.07, 6.45) is 1.23. The average Bonchev–Trinajstić information content (AvgIpc) is 3.90. The van der Waals surface area contributed by atoms with Crippen LogP contribution in [0.3, 0.4) is 0 Å². The predicted molar refractivity (Wildman–Crippen MR) is 230 cm³/mol. The number of methoxy groups -OCH3 is 1. The molecular formula is C48H49N3O7Si. The van der Waals surface area contributed by atoms with Gasteiger partial charge >= 0.3 is 0 Å². The molecule has 5 atom stereocenters. The Bertz CT molecular complexity index is 2420. The lowest BCUT2D eigenvalue weighted by Gasteiger charge is -2.37. The first-order valence-electron chi connectivity index (χ1n) is 20.5. The fourth-order valence-corrected chi connectivity index (χ4v) is 14.3. The highest BCUT2D eigenvalue weighted by Gasteiger charge is 2.66. The molecule has 2 fully saturated rings. The summed E-state index contributed by atoms with van der Waals surface area (Å²) < 4.78 is 18.9. The minimum atomic E-state index is -2.47. The molecule has 10 nitrogen and oxygen atoms in total. The number of carbonyl (C=O) groups is 3. The molecule has 0 unspecified atom stereocenters. The molecule has 59 heavy (non-hydrogen) atoms. The van der Waals surface area contributed by atoms with Crippen LogP contribution in [0.1, 0.15) is 47.7 Å². The van der Waals surface area contributed by atoms with E-state index in [0.717, 1.165) is 35.4 Å². The Morgan fingerprint density at radius 1 is 0.864 bits per heavy atom. The molecule has 0 aromatic heterocycles. The highest BCUT2D eigenvalue weighted by atomic mass is 28.3. The summed E-state index contributed by atoms with van der Waals surface area (Å²) in [5.41, 5.74) is 2.85. The number of aliphatic hydroxyl groups excluding tert-OH is 1. The van der Waals surface area contributed by atoms with Crippen molar-refractivity contribution in [1.82, 2.24) is 4.90 Å². The molecule has 0 aliphatic carbocycles. The normalized spacial score (nSPS) is 23.5. The van der Waals surface area contributed by atoms with E-state index in [1.165, 1.54) is 5.19 Å². The molecule has 1 spiro atoms. The zero-order chi connectivity index (χ0) is 41.1. The van der Waals surface area contributed by atoms with Crippen molar-refractivity contribution in [2.75, 3.05) is 30.1 Å². The van der Waals surface area contributed by atoms with E-state index in [2.05, 4.69) is 32.2 Å². The lowest BCUT2D eigenvalue weighted by Crippen LogP contribution is -2.52. The van der Waals surface area contributed by atoms with Crippen molar-refractivity contribution < 1.29 is 33.7 Å². The third kappa shape index (κ3) is 6.34. The summed E-state index contributed by atoms with van der Waals surface area (Å²) in [7, 11) is -0.818. The summed E-state index contributed by atoms with van der Waals surface area (Å²) >= 11 is 0. The zero-order valence-electron chi connectivity index (χ0n) is 33.8. The quantitative estimate of drug-likeness (QED) is 0.151. The molecular weight excluding hydrogens is 759 g/mol. The number of anilines is 3. The number of rotatable bonds is 9. The van der Waals surface area contributed by atoms with Gasteiger partial charge in [0.2, 0.25) is 5.91 Å². The van der Waals surface area contributed by atoms with E-state index < -0.39 is 19.8 Å². The van der Waals surface area contributed by atoms with Crippen molar-refractivity contribution in [3.63, 3.8) is 0 Å². The second-order valence-electron chi connectivity index (χ2n) is 16.7. The van der Waals surface area contributed by atoms with Crippen LogP contribution in [0.2, 0.25) is 18.6 Å². The van der Waals surface area contributed by atoms with Crippen molar-refractivity contribution in [2.45, 2.75) is 69.1 Å². The fraction of sp³-hybridized carbons (Fsp3) is 0.312. The number of nitrogens with zero attached hydrogens (tertiary/aromatic N) is 3. The molecule has 0 radical (unpaired) electrons. The van der Waals surface area contributed by atoms with E-state index in [4.69, 9.17) is 14.2 Å². The Morgan fingerprint density at radius 2 is 1.54 bits per heavy atom. The van der Waals surface area contributed by atoms with Gasteiger partial charge in [-0.3, -0.25) is 19.3 Å². The number of aliphatic hydroxyl groups is 1. The number of hydrogen-bond donors (Lipinski definition) is 1. The molecule has 2 saturated heterocycles. The maximum absolute atomic E-state index is 15.3. The van der Waals surface area contributed by atoms with E-state index in [1.807, 2.05) is 107 Å². The first-order chi connectivity index (χ1) is 28.6. The van der Waals surface area contributed by atoms with Gasteiger partial charge in [-0.2, -0.15) is 0 Å². The van der Waals surface area contributed by atoms with E-state index in [0.29, 0.717) is 35.0 Å². The van der Waals surface area contributed by atoms with E-state index in [-0.39, 0.29) is 54.8 Å². The molecule has 4 heterocycles. The number of likely N-dealkylation sites (tertiary alicyclic amines) is 1. The minimum absolute atomic E-state index is 0.0448. The molecule has 4 aliphatic heterocycles. The molecule has 5 aromatic carbocycles. The molecule has 4 aliphatic rings. The Morgan fingerprint density at radius 3 is 2.27 bits per heavy atom. The summed E-state index contributed by atoms with van der Waals surface area (Å²) in [6.45, 7) is 7.57. The van der Waals surface area contributed by atoms with E-state index in [1.54, 1.807) is 24.1 Å². The Kier molecular flexibility index (Phi) is 9.93. The third-order valence-electron chi connectivity index (χ3n) is 13.2. The van der Waals surface area contributed by atoms with Crippen LogP contribution in [0, 0.1) is 5.92 Å². The van der Waals surface area contributed by atoms with Crippen LogP contribution in [0.15, 0.2) is 121 Å². The minimum Gasteiger partial charge on any atom is -0.497 e. The highest BCUT2D eigenvalue weighted by Crippen LogP contribution is 2.60. The second-order valence-corrected chi connectivity index (χ2v) is 21.4. The number of carbonyl (C=O) groups excluding carboxylic acids is 3. The van der Waals surface area contributed by atoms with Crippen LogP contribution < -0.4 is 24.5 Å². The summed E-state index contributed by atoms with van der Waals surface area (Å²) in [6, 6.07) is 38.4. The Hall–Kier alpha value is -5.75. The number of hydrogen-bond acceptors (Lipinski definition) is 7. The van der Waals surface area contributed by atoms with Gasteiger partial charge in [0.1, 0.15) is 11.5 Å². The number of ether oxygens (including phenoxy) is 3. The average molecular weight is 808 g/mol.